The molecule has 7 nitrogen and oxygen atoms in total. The van der Waals surface area contributed by atoms with Crippen molar-refractivity contribution in [2.24, 2.45) is 0 Å². The van der Waals surface area contributed by atoms with Crippen LogP contribution in [0.25, 0.3) is 0 Å². The highest BCUT2D eigenvalue weighted by Crippen LogP contribution is 2.01. The molecule has 0 aliphatic carbocycles. The van der Waals surface area contributed by atoms with Gasteiger partial charge in [0.15, 0.2) is 12.4 Å². The number of amides is 1. The zero-order valence-electron chi connectivity index (χ0n) is 10.6. The van der Waals surface area contributed by atoms with Crippen molar-refractivity contribution in [2.75, 3.05) is 26.9 Å². The lowest BCUT2D eigenvalue weighted by molar-refractivity contribution is -0.123. The molecule has 1 heterocycles. The number of methoxy groups -OCH3 is 1. The third kappa shape index (κ3) is 4.81. The highest BCUT2D eigenvalue weighted by Gasteiger charge is 2.06. The van der Waals surface area contributed by atoms with Crippen LogP contribution in [-0.2, 0) is 16.1 Å². The normalized spacial score (nSPS) is 9.68. The Hall–Kier alpha value is -2.33. The number of rotatable bonds is 7. The molecule has 1 N–H and O–H groups in total. The smallest absolute Gasteiger partial charge is 0.293 e. The van der Waals surface area contributed by atoms with E-state index in [0.29, 0.717) is 13.2 Å². The third-order valence-corrected chi connectivity index (χ3v) is 2.21. The first kappa shape index (κ1) is 14.7. The highest BCUT2D eigenvalue weighted by molar-refractivity contribution is 5.77. The lowest BCUT2D eigenvalue weighted by Gasteiger charge is -2.07. The van der Waals surface area contributed by atoms with E-state index in [9.17, 15) is 9.59 Å². The Kier molecular flexibility index (Phi) is 6.12. The number of ether oxygens (including phenoxy) is 2. The molecule has 0 aliphatic heterocycles. The molecule has 1 rings (SSSR count). The second-order valence-corrected chi connectivity index (χ2v) is 3.60. The minimum atomic E-state index is -0.436. The van der Waals surface area contributed by atoms with Crippen LogP contribution in [0.15, 0.2) is 23.1 Å². The molecule has 102 valence electrons. The summed E-state index contributed by atoms with van der Waals surface area (Å²) in [5.41, 5.74) is -0.436. The summed E-state index contributed by atoms with van der Waals surface area (Å²) < 4.78 is 11.1. The molecule has 0 fully saturated rings. The van der Waals surface area contributed by atoms with Crippen molar-refractivity contribution in [2.45, 2.75) is 6.54 Å². The number of hydrogen-bond donors (Lipinski definition) is 1. The summed E-state index contributed by atoms with van der Waals surface area (Å²) in [6.45, 7) is 0.476. The van der Waals surface area contributed by atoms with Crippen molar-refractivity contribution in [1.82, 2.24) is 9.88 Å². The van der Waals surface area contributed by atoms with Gasteiger partial charge in [-0.3, -0.25) is 14.2 Å². The SMILES string of the molecule is COCCNC(=O)COc1cccn(CC#N)c1=O. The molecule has 0 aliphatic rings. The van der Waals surface area contributed by atoms with Crippen LogP contribution >= 0.6 is 0 Å². The second-order valence-electron chi connectivity index (χ2n) is 3.60. The maximum atomic E-state index is 11.8. The maximum absolute atomic E-state index is 11.8. The molecule has 1 amide bonds. The van der Waals surface area contributed by atoms with Crippen LogP contribution in [0, 0.1) is 11.3 Å². The first-order valence-corrected chi connectivity index (χ1v) is 5.64. The molecule has 0 unspecified atom stereocenters. The van der Waals surface area contributed by atoms with Crippen molar-refractivity contribution in [3.63, 3.8) is 0 Å². The number of nitriles is 1. The van der Waals surface area contributed by atoms with Crippen molar-refractivity contribution in [3.05, 3.63) is 28.7 Å². The standard InChI is InChI=1S/C12H15N3O4/c1-18-8-5-14-11(16)9-19-10-3-2-6-15(7-4-13)12(10)17/h2-3,6H,5,7-9H2,1H3,(H,14,16). The van der Waals surface area contributed by atoms with Gasteiger partial charge in [0.25, 0.3) is 11.5 Å². The number of nitrogens with zero attached hydrogens (tertiary/aromatic N) is 2. The number of nitrogens with one attached hydrogen (secondary N) is 1. The summed E-state index contributed by atoms with van der Waals surface area (Å²) in [4.78, 5) is 23.1. The molecule has 0 saturated heterocycles. The Morgan fingerprint density at radius 2 is 2.37 bits per heavy atom. The predicted molar refractivity (Wildman–Crippen MR) is 66.7 cm³/mol. The number of carbonyl (C=O) groups excluding carboxylic acids is 1. The van der Waals surface area contributed by atoms with Crippen LogP contribution in [-0.4, -0.2) is 37.3 Å². The fourth-order valence-corrected chi connectivity index (χ4v) is 1.31. The molecule has 0 saturated carbocycles. The third-order valence-electron chi connectivity index (χ3n) is 2.21. The number of aromatic nitrogens is 1. The number of hydrogen-bond acceptors (Lipinski definition) is 5. The number of pyridine rings is 1. The van der Waals surface area contributed by atoms with E-state index in [1.165, 1.54) is 23.9 Å². The largest absolute Gasteiger partial charge is 0.478 e. The molecular weight excluding hydrogens is 250 g/mol. The first-order valence-electron chi connectivity index (χ1n) is 5.64. The molecule has 0 spiro atoms. The molecule has 0 bridgehead atoms. The summed E-state index contributed by atoms with van der Waals surface area (Å²) in [5, 5.41) is 11.1. The molecular formula is C12H15N3O4. The Labute approximate surface area is 110 Å². The van der Waals surface area contributed by atoms with E-state index in [1.807, 2.05) is 6.07 Å². The fourth-order valence-electron chi connectivity index (χ4n) is 1.31. The van der Waals surface area contributed by atoms with Crippen LogP contribution in [0.4, 0.5) is 0 Å². The van der Waals surface area contributed by atoms with Gasteiger partial charge in [0.1, 0.15) is 6.54 Å². The lowest BCUT2D eigenvalue weighted by Crippen LogP contribution is -2.32. The van der Waals surface area contributed by atoms with E-state index in [1.54, 1.807) is 6.07 Å². The summed E-state index contributed by atoms with van der Waals surface area (Å²) in [6, 6.07) is 4.90. The van der Waals surface area contributed by atoms with Crippen LogP contribution in [0.2, 0.25) is 0 Å². The zero-order valence-corrected chi connectivity index (χ0v) is 10.6. The van der Waals surface area contributed by atoms with Gasteiger partial charge < -0.3 is 14.8 Å². The summed E-state index contributed by atoms with van der Waals surface area (Å²) in [6.07, 6.45) is 1.48. The van der Waals surface area contributed by atoms with Crippen LogP contribution < -0.4 is 15.6 Å². The quantitative estimate of drug-likeness (QED) is 0.672. The van der Waals surface area contributed by atoms with Crippen LogP contribution in [0.3, 0.4) is 0 Å². The molecule has 0 atom stereocenters. The molecule has 1 aromatic heterocycles. The lowest BCUT2D eigenvalue weighted by atomic mass is 10.4. The number of carbonyl (C=O) groups is 1. The van der Waals surface area contributed by atoms with E-state index in [2.05, 4.69) is 5.32 Å². The summed E-state index contributed by atoms with van der Waals surface area (Å²) >= 11 is 0. The van der Waals surface area contributed by atoms with Crippen LogP contribution in [0.1, 0.15) is 0 Å². The average Bonchev–Trinajstić information content (AvgIpc) is 2.40. The Balaban J connectivity index is 2.54. The predicted octanol–water partition coefficient (Wildman–Crippen LogP) is -0.487. The summed E-state index contributed by atoms with van der Waals surface area (Å²) in [7, 11) is 1.53. The van der Waals surface area contributed by atoms with Gasteiger partial charge in [-0.05, 0) is 12.1 Å². The van der Waals surface area contributed by atoms with Crippen molar-refractivity contribution < 1.29 is 14.3 Å². The monoisotopic (exact) mass is 265 g/mol. The van der Waals surface area contributed by atoms with Crippen molar-refractivity contribution in [1.29, 1.82) is 5.26 Å². The van der Waals surface area contributed by atoms with Gasteiger partial charge >= 0.3 is 0 Å². The average molecular weight is 265 g/mol. The molecule has 7 heteroatoms. The topological polar surface area (TPSA) is 93.3 Å². The van der Waals surface area contributed by atoms with E-state index in [4.69, 9.17) is 14.7 Å². The van der Waals surface area contributed by atoms with Crippen molar-refractivity contribution >= 4 is 5.91 Å². The van der Waals surface area contributed by atoms with Gasteiger partial charge in [-0.2, -0.15) is 5.26 Å². The van der Waals surface area contributed by atoms with E-state index in [-0.39, 0.29) is 24.8 Å². The van der Waals surface area contributed by atoms with Gasteiger partial charge in [0.2, 0.25) is 0 Å². The zero-order chi connectivity index (χ0) is 14.1. The van der Waals surface area contributed by atoms with E-state index in [0.717, 1.165) is 0 Å². The minimum absolute atomic E-state index is 0.0413. The fraction of sp³-hybridized carbons (Fsp3) is 0.417. The maximum Gasteiger partial charge on any atom is 0.293 e. The Morgan fingerprint density at radius 3 is 3.05 bits per heavy atom. The Morgan fingerprint density at radius 1 is 1.58 bits per heavy atom. The highest BCUT2D eigenvalue weighted by atomic mass is 16.5. The molecule has 1 aromatic rings. The van der Waals surface area contributed by atoms with Gasteiger partial charge in [0, 0.05) is 19.9 Å². The molecule has 0 aromatic carbocycles. The molecule has 19 heavy (non-hydrogen) atoms. The first-order chi connectivity index (χ1) is 9.19. The van der Waals surface area contributed by atoms with Crippen molar-refractivity contribution in [3.8, 4) is 11.8 Å². The Bertz CT molecular complexity index is 518. The van der Waals surface area contributed by atoms with Gasteiger partial charge in [-0.25, -0.2) is 0 Å². The van der Waals surface area contributed by atoms with E-state index >= 15 is 0 Å². The summed E-state index contributed by atoms with van der Waals surface area (Å²) in [5.74, 6) is -0.299. The van der Waals surface area contributed by atoms with Gasteiger partial charge in [-0.1, -0.05) is 0 Å². The van der Waals surface area contributed by atoms with E-state index < -0.39 is 5.56 Å². The molecule has 0 radical (unpaired) electrons. The van der Waals surface area contributed by atoms with Crippen LogP contribution in [0.5, 0.6) is 5.75 Å². The minimum Gasteiger partial charge on any atom is -0.478 e. The van der Waals surface area contributed by atoms with Gasteiger partial charge in [0.05, 0.1) is 12.7 Å². The second kappa shape index (κ2) is 7.89. The van der Waals surface area contributed by atoms with Gasteiger partial charge in [-0.15, -0.1) is 0 Å².